The molecule has 23 heavy (non-hydrogen) atoms. The lowest BCUT2D eigenvalue weighted by Crippen LogP contribution is -2.02. The molecule has 0 saturated heterocycles. The van der Waals surface area contributed by atoms with Gasteiger partial charge in [-0.25, -0.2) is 0 Å². The summed E-state index contributed by atoms with van der Waals surface area (Å²) in [7, 11) is 0. The van der Waals surface area contributed by atoms with Gasteiger partial charge in [0.15, 0.2) is 5.78 Å². The van der Waals surface area contributed by atoms with Gasteiger partial charge in [-0.1, -0.05) is 23.2 Å². The first kappa shape index (κ1) is 15.5. The molecular weight excluding hydrogens is 333 g/mol. The monoisotopic (exact) mass is 343 g/mol. The van der Waals surface area contributed by atoms with E-state index in [4.69, 9.17) is 27.9 Å². The number of halogens is 2. The number of ether oxygens (including phenoxy) is 1. The molecule has 0 aliphatic carbocycles. The molecule has 5 heteroatoms. The summed E-state index contributed by atoms with van der Waals surface area (Å²) in [5, 5.41) is 0.840. The normalized spacial score (nSPS) is 10.3. The molecule has 0 aliphatic heterocycles. The van der Waals surface area contributed by atoms with Crippen LogP contribution in [-0.4, -0.2) is 10.8 Å². The first-order valence-electron chi connectivity index (χ1n) is 6.81. The summed E-state index contributed by atoms with van der Waals surface area (Å²) in [5.74, 6) is 1.12. The molecule has 0 bridgehead atoms. The van der Waals surface area contributed by atoms with Crippen molar-refractivity contribution >= 4 is 29.0 Å². The van der Waals surface area contributed by atoms with Crippen LogP contribution in [0.5, 0.6) is 11.5 Å². The molecule has 0 radical (unpaired) electrons. The van der Waals surface area contributed by atoms with E-state index in [0.717, 1.165) is 0 Å². The second-order valence-electron chi connectivity index (χ2n) is 4.76. The predicted octanol–water partition coefficient (Wildman–Crippen LogP) is 5.41. The Morgan fingerprint density at radius 2 is 1.52 bits per heavy atom. The Labute approximate surface area is 143 Å². The van der Waals surface area contributed by atoms with E-state index in [9.17, 15) is 4.79 Å². The zero-order chi connectivity index (χ0) is 16.2. The van der Waals surface area contributed by atoms with Gasteiger partial charge >= 0.3 is 0 Å². The van der Waals surface area contributed by atoms with E-state index in [1.807, 2.05) is 0 Å². The van der Waals surface area contributed by atoms with Gasteiger partial charge in [0.1, 0.15) is 11.5 Å². The topological polar surface area (TPSA) is 39.2 Å². The van der Waals surface area contributed by atoms with Crippen LogP contribution in [0.1, 0.15) is 15.9 Å². The van der Waals surface area contributed by atoms with Crippen molar-refractivity contribution in [2.45, 2.75) is 0 Å². The SMILES string of the molecule is O=C(c1ccc(Oc2ccncc2)cc1)c1cc(Cl)ccc1Cl. The van der Waals surface area contributed by atoms with E-state index in [1.165, 1.54) is 0 Å². The third-order valence-corrected chi connectivity index (χ3v) is 3.74. The second-order valence-corrected chi connectivity index (χ2v) is 5.61. The van der Waals surface area contributed by atoms with Crippen LogP contribution < -0.4 is 4.74 Å². The van der Waals surface area contributed by atoms with Gasteiger partial charge in [0, 0.05) is 28.5 Å². The van der Waals surface area contributed by atoms with Gasteiger partial charge in [-0.15, -0.1) is 0 Å². The Bertz CT molecular complexity index is 833. The molecule has 1 heterocycles. The molecule has 0 fully saturated rings. The number of hydrogen-bond acceptors (Lipinski definition) is 3. The lowest BCUT2D eigenvalue weighted by Gasteiger charge is -2.07. The minimum atomic E-state index is -0.187. The summed E-state index contributed by atoms with van der Waals surface area (Å²) in [6.45, 7) is 0. The number of carbonyl (C=O) groups is 1. The first-order chi connectivity index (χ1) is 11.1. The molecule has 114 valence electrons. The van der Waals surface area contributed by atoms with E-state index in [2.05, 4.69) is 4.98 Å². The Balaban J connectivity index is 1.82. The maximum absolute atomic E-state index is 12.5. The van der Waals surface area contributed by atoms with Crippen LogP contribution in [0.25, 0.3) is 0 Å². The number of aromatic nitrogens is 1. The molecule has 0 unspecified atom stereocenters. The average Bonchev–Trinajstić information content (AvgIpc) is 2.58. The Morgan fingerprint density at radius 1 is 0.870 bits per heavy atom. The lowest BCUT2D eigenvalue weighted by molar-refractivity contribution is 0.103. The Morgan fingerprint density at radius 3 is 2.22 bits per heavy atom. The van der Waals surface area contributed by atoms with E-state index in [1.54, 1.807) is 67.0 Å². The van der Waals surface area contributed by atoms with Crippen molar-refractivity contribution < 1.29 is 9.53 Å². The maximum Gasteiger partial charge on any atom is 0.194 e. The van der Waals surface area contributed by atoms with E-state index >= 15 is 0 Å². The number of benzene rings is 2. The molecule has 1 aromatic heterocycles. The number of hydrogen-bond donors (Lipinski definition) is 0. The standard InChI is InChI=1S/C18H11Cl2NO2/c19-13-3-6-17(20)16(11-13)18(22)12-1-4-14(5-2-12)23-15-7-9-21-10-8-15/h1-11H. The molecule has 0 spiro atoms. The van der Waals surface area contributed by atoms with Crippen LogP contribution in [0.2, 0.25) is 10.0 Å². The predicted molar refractivity (Wildman–Crippen MR) is 90.6 cm³/mol. The van der Waals surface area contributed by atoms with Crippen LogP contribution >= 0.6 is 23.2 Å². The quantitative estimate of drug-likeness (QED) is 0.594. The van der Waals surface area contributed by atoms with E-state index < -0.39 is 0 Å². The van der Waals surface area contributed by atoms with E-state index in [0.29, 0.717) is 32.7 Å². The fourth-order valence-corrected chi connectivity index (χ4v) is 2.42. The van der Waals surface area contributed by atoms with Gasteiger partial charge < -0.3 is 4.74 Å². The number of nitrogens with zero attached hydrogens (tertiary/aromatic N) is 1. The van der Waals surface area contributed by atoms with Gasteiger partial charge in [-0.05, 0) is 54.6 Å². The molecule has 0 aliphatic rings. The van der Waals surface area contributed by atoms with Crippen molar-refractivity contribution in [2.75, 3.05) is 0 Å². The minimum absolute atomic E-state index is 0.187. The lowest BCUT2D eigenvalue weighted by atomic mass is 10.0. The number of carbonyl (C=O) groups excluding carboxylic acids is 1. The molecular formula is C18H11Cl2NO2. The fourth-order valence-electron chi connectivity index (χ4n) is 2.04. The van der Waals surface area contributed by atoms with E-state index in [-0.39, 0.29) is 5.78 Å². The highest BCUT2D eigenvalue weighted by Crippen LogP contribution is 2.25. The molecule has 0 N–H and O–H groups in total. The van der Waals surface area contributed by atoms with Crippen molar-refractivity contribution in [3.05, 3.63) is 88.2 Å². The van der Waals surface area contributed by atoms with Crippen molar-refractivity contribution in [1.82, 2.24) is 4.98 Å². The highest BCUT2D eigenvalue weighted by molar-refractivity contribution is 6.36. The Kier molecular flexibility index (Phi) is 4.60. The molecule has 0 saturated carbocycles. The first-order valence-corrected chi connectivity index (χ1v) is 7.57. The van der Waals surface area contributed by atoms with Crippen molar-refractivity contribution in [1.29, 1.82) is 0 Å². The second kappa shape index (κ2) is 6.82. The zero-order valence-electron chi connectivity index (χ0n) is 11.9. The number of pyridine rings is 1. The van der Waals surface area contributed by atoms with Crippen LogP contribution in [0.4, 0.5) is 0 Å². The van der Waals surface area contributed by atoms with Crippen LogP contribution in [0, 0.1) is 0 Å². The smallest absolute Gasteiger partial charge is 0.194 e. The summed E-state index contributed by atoms with van der Waals surface area (Å²) in [4.78, 5) is 16.4. The molecule has 0 atom stereocenters. The molecule has 3 rings (SSSR count). The van der Waals surface area contributed by atoms with Gasteiger partial charge in [0.05, 0.1) is 5.02 Å². The Hall–Kier alpha value is -2.36. The van der Waals surface area contributed by atoms with Crippen LogP contribution in [-0.2, 0) is 0 Å². The number of ketones is 1. The summed E-state index contributed by atoms with van der Waals surface area (Å²) in [6, 6.07) is 15.2. The molecule has 3 aromatic rings. The molecule has 0 amide bonds. The van der Waals surface area contributed by atoms with Crippen molar-refractivity contribution in [2.24, 2.45) is 0 Å². The fraction of sp³-hybridized carbons (Fsp3) is 0. The average molecular weight is 344 g/mol. The van der Waals surface area contributed by atoms with Crippen LogP contribution in [0.3, 0.4) is 0 Å². The molecule has 2 aromatic carbocycles. The maximum atomic E-state index is 12.5. The summed E-state index contributed by atoms with van der Waals surface area (Å²) in [6.07, 6.45) is 3.29. The molecule has 3 nitrogen and oxygen atoms in total. The summed E-state index contributed by atoms with van der Waals surface area (Å²) >= 11 is 12.0. The highest BCUT2D eigenvalue weighted by atomic mass is 35.5. The van der Waals surface area contributed by atoms with Crippen molar-refractivity contribution in [3.63, 3.8) is 0 Å². The zero-order valence-corrected chi connectivity index (χ0v) is 13.4. The number of rotatable bonds is 4. The van der Waals surface area contributed by atoms with Crippen LogP contribution in [0.15, 0.2) is 67.0 Å². The van der Waals surface area contributed by atoms with Gasteiger partial charge in [-0.3, -0.25) is 9.78 Å². The van der Waals surface area contributed by atoms with Gasteiger partial charge in [-0.2, -0.15) is 0 Å². The third-order valence-electron chi connectivity index (χ3n) is 3.17. The minimum Gasteiger partial charge on any atom is -0.457 e. The highest BCUT2D eigenvalue weighted by Gasteiger charge is 2.13. The summed E-state index contributed by atoms with van der Waals surface area (Å²) in [5.41, 5.74) is 0.887. The van der Waals surface area contributed by atoms with Gasteiger partial charge in [0.25, 0.3) is 0 Å². The summed E-state index contributed by atoms with van der Waals surface area (Å²) < 4.78 is 5.66. The largest absolute Gasteiger partial charge is 0.457 e. The van der Waals surface area contributed by atoms with Gasteiger partial charge in [0.2, 0.25) is 0 Å². The third kappa shape index (κ3) is 3.70. The van der Waals surface area contributed by atoms with Crippen molar-refractivity contribution in [3.8, 4) is 11.5 Å².